The summed E-state index contributed by atoms with van der Waals surface area (Å²) in [6, 6.07) is 14.4. The summed E-state index contributed by atoms with van der Waals surface area (Å²) >= 11 is 0. The molecule has 0 saturated carbocycles. The van der Waals surface area contributed by atoms with Gasteiger partial charge < -0.3 is 15.4 Å². The molecule has 8 heteroatoms. The number of hydrogen-bond acceptors (Lipinski definition) is 5. The minimum Gasteiger partial charge on any atom is -0.494 e. The Kier molecular flexibility index (Phi) is 7.46. The summed E-state index contributed by atoms with van der Waals surface area (Å²) in [5, 5.41) is 5.75. The predicted molar refractivity (Wildman–Crippen MR) is 126 cm³/mol. The Labute approximate surface area is 192 Å². The van der Waals surface area contributed by atoms with Crippen molar-refractivity contribution in [2.75, 3.05) is 17.2 Å². The van der Waals surface area contributed by atoms with Crippen LogP contribution in [0.5, 0.6) is 5.75 Å². The molecule has 0 bridgehead atoms. The smallest absolute Gasteiger partial charge is 0.421 e. The lowest BCUT2D eigenvalue weighted by Gasteiger charge is -2.19. The second-order valence-corrected chi connectivity index (χ2v) is 8.76. The quantitative estimate of drug-likeness (QED) is 0.343. The first-order valence-corrected chi connectivity index (χ1v) is 10.9. The van der Waals surface area contributed by atoms with Gasteiger partial charge in [-0.15, -0.1) is 0 Å². The van der Waals surface area contributed by atoms with Crippen LogP contribution in [0.15, 0.2) is 54.7 Å². The molecule has 0 saturated heterocycles. The summed E-state index contributed by atoms with van der Waals surface area (Å²) in [6.07, 6.45) is -1.94. The number of benzene rings is 2. The molecule has 0 aliphatic rings. The SMILES string of the molecule is CCCCOc1cccc(Nc2nc(Nc3ccc(C(C)(C)C)cc3)ncc2C(F)(F)F)c1. The van der Waals surface area contributed by atoms with Crippen LogP contribution in [-0.4, -0.2) is 16.6 Å². The molecule has 0 amide bonds. The van der Waals surface area contributed by atoms with Crippen LogP contribution in [0, 0.1) is 0 Å². The summed E-state index contributed by atoms with van der Waals surface area (Å²) in [5.41, 5.74) is 1.31. The van der Waals surface area contributed by atoms with Crippen molar-refractivity contribution in [3.63, 3.8) is 0 Å². The molecule has 0 aliphatic carbocycles. The molecule has 1 aromatic heterocycles. The second-order valence-electron chi connectivity index (χ2n) is 8.76. The average Bonchev–Trinajstić information content (AvgIpc) is 2.73. The van der Waals surface area contributed by atoms with Crippen LogP contribution in [0.3, 0.4) is 0 Å². The maximum absolute atomic E-state index is 13.6. The highest BCUT2D eigenvalue weighted by Crippen LogP contribution is 2.36. The number of alkyl halides is 3. The van der Waals surface area contributed by atoms with E-state index in [1.54, 1.807) is 24.3 Å². The molecule has 2 N–H and O–H groups in total. The molecule has 3 aromatic rings. The van der Waals surface area contributed by atoms with Gasteiger partial charge >= 0.3 is 6.18 Å². The number of halogens is 3. The number of hydrogen-bond donors (Lipinski definition) is 2. The molecule has 33 heavy (non-hydrogen) atoms. The van der Waals surface area contributed by atoms with E-state index in [4.69, 9.17) is 4.74 Å². The zero-order valence-corrected chi connectivity index (χ0v) is 19.3. The van der Waals surface area contributed by atoms with Crippen molar-refractivity contribution in [2.24, 2.45) is 0 Å². The van der Waals surface area contributed by atoms with Gasteiger partial charge in [-0.3, -0.25) is 0 Å². The number of nitrogens with zero attached hydrogens (tertiary/aromatic N) is 2. The van der Waals surface area contributed by atoms with Crippen LogP contribution < -0.4 is 15.4 Å². The van der Waals surface area contributed by atoms with Gasteiger partial charge in [-0.05, 0) is 41.7 Å². The molecule has 5 nitrogen and oxygen atoms in total. The van der Waals surface area contributed by atoms with Crippen LogP contribution >= 0.6 is 0 Å². The zero-order chi connectivity index (χ0) is 24.1. The summed E-state index contributed by atoms with van der Waals surface area (Å²) in [4.78, 5) is 7.99. The molecule has 0 unspecified atom stereocenters. The van der Waals surface area contributed by atoms with Crippen molar-refractivity contribution in [3.05, 3.63) is 65.9 Å². The highest BCUT2D eigenvalue weighted by Gasteiger charge is 2.35. The van der Waals surface area contributed by atoms with E-state index < -0.39 is 11.7 Å². The van der Waals surface area contributed by atoms with Gasteiger partial charge in [0, 0.05) is 23.6 Å². The Morgan fingerprint density at radius 1 is 0.939 bits per heavy atom. The number of unbranched alkanes of at least 4 members (excludes halogenated alkanes) is 1. The van der Waals surface area contributed by atoms with Gasteiger partial charge in [-0.25, -0.2) is 4.98 Å². The van der Waals surface area contributed by atoms with E-state index in [1.807, 2.05) is 24.3 Å². The van der Waals surface area contributed by atoms with Gasteiger partial charge in [0.2, 0.25) is 5.95 Å². The molecule has 176 valence electrons. The fourth-order valence-corrected chi connectivity index (χ4v) is 3.06. The normalized spacial score (nSPS) is 11.8. The fraction of sp³-hybridized carbons (Fsp3) is 0.360. The number of anilines is 4. The van der Waals surface area contributed by atoms with E-state index in [0.29, 0.717) is 23.7 Å². The van der Waals surface area contributed by atoms with E-state index in [0.717, 1.165) is 24.6 Å². The molecule has 0 atom stereocenters. The molecule has 1 heterocycles. The van der Waals surface area contributed by atoms with Crippen LogP contribution in [0.1, 0.15) is 51.7 Å². The molecule has 2 aromatic carbocycles. The van der Waals surface area contributed by atoms with Gasteiger partial charge in [0.1, 0.15) is 17.1 Å². The minimum atomic E-state index is -4.61. The standard InChI is InChI=1S/C25H29F3N4O/c1-5-6-14-33-20-9-7-8-19(15-20)30-22-21(25(26,27)28)16-29-23(32-22)31-18-12-10-17(11-13-18)24(2,3)4/h7-13,15-16H,5-6,14H2,1-4H3,(H2,29,30,31,32). The first-order chi connectivity index (χ1) is 15.6. The topological polar surface area (TPSA) is 59.1 Å². The largest absolute Gasteiger partial charge is 0.494 e. The van der Waals surface area contributed by atoms with Crippen molar-refractivity contribution < 1.29 is 17.9 Å². The Morgan fingerprint density at radius 2 is 1.67 bits per heavy atom. The molecule has 0 fully saturated rings. The first kappa shape index (κ1) is 24.4. The first-order valence-electron chi connectivity index (χ1n) is 10.9. The molecule has 0 aliphatic heterocycles. The van der Waals surface area contributed by atoms with Crippen molar-refractivity contribution in [1.82, 2.24) is 9.97 Å². The molecule has 0 spiro atoms. The fourth-order valence-electron chi connectivity index (χ4n) is 3.06. The van der Waals surface area contributed by atoms with Crippen LogP contribution in [0.25, 0.3) is 0 Å². The Hall–Kier alpha value is -3.29. The van der Waals surface area contributed by atoms with Crippen LogP contribution in [0.4, 0.5) is 36.3 Å². The Morgan fingerprint density at radius 3 is 2.30 bits per heavy atom. The van der Waals surface area contributed by atoms with E-state index in [2.05, 4.69) is 48.3 Å². The second kappa shape index (κ2) is 10.1. The summed E-state index contributed by atoms with van der Waals surface area (Å²) in [6.45, 7) is 8.92. The summed E-state index contributed by atoms with van der Waals surface area (Å²) in [7, 11) is 0. The molecular weight excluding hydrogens is 429 g/mol. The van der Waals surface area contributed by atoms with Gasteiger partial charge in [0.15, 0.2) is 0 Å². The maximum Gasteiger partial charge on any atom is 0.421 e. The molecular formula is C25H29F3N4O. The third-order valence-corrected chi connectivity index (χ3v) is 4.96. The minimum absolute atomic E-state index is 0.00470. The third-order valence-electron chi connectivity index (χ3n) is 4.96. The van der Waals surface area contributed by atoms with Crippen molar-refractivity contribution in [3.8, 4) is 5.75 Å². The summed E-state index contributed by atoms with van der Waals surface area (Å²) in [5.74, 6) is 0.301. The average molecular weight is 459 g/mol. The molecule has 0 radical (unpaired) electrons. The highest BCUT2D eigenvalue weighted by molar-refractivity contribution is 5.64. The van der Waals surface area contributed by atoms with Crippen molar-refractivity contribution >= 4 is 23.1 Å². The van der Waals surface area contributed by atoms with E-state index in [-0.39, 0.29) is 17.2 Å². The monoisotopic (exact) mass is 458 g/mol. The van der Waals surface area contributed by atoms with E-state index in [9.17, 15) is 13.2 Å². The lowest BCUT2D eigenvalue weighted by molar-refractivity contribution is -0.137. The van der Waals surface area contributed by atoms with Gasteiger partial charge in [-0.2, -0.15) is 18.2 Å². The molecule has 3 rings (SSSR count). The maximum atomic E-state index is 13.6. The lowest BCUT2D eigenvalue weighted by Crippen LogP contribution is -2.13. The number of nitrogens with one attached hydrogen (secondary N) is 2. The van der Waals surface area contributed by atoms with E-state index in [1.165, 1.54) is 0 Å². The Bertz CT molecular complexity index is 1060. The summed E-state index contributed by atoms with van der Waals surface area (Å²) < 4.78 is 46.4. The van der Waals surface area contributed by atoms with Crippen molar-refractivity contribution in [1.29, 1.82) is 0 Å². The highest BCUT2D eigenvalue weighted by atomic mass is 19.4. The zero-order valence-electron chi connectivity index (χ0n) is 19.3. The van der Waals surface area contributed by atoms with Gasteiger partial charge in [-0.1, -0.05) is 52.3 Å². The van der Waals surface area contributed by atoms with Crippen molar-refractivity contribution in [2.45, 2.75) is 52.1 Å². The van der Waals surface area contributed by atoms with Crippen LogP contribution in [-0.2, 0) is 11.6 Å². The Balaban J connectivity index is 1.84. The van der Waals surface area contributed by atoms with Gasteiger partial charge in [0.25, 0.3) is 0 Å². The number of aromatic nitrogens is 2. The third kappa shape index (κ3) is 6.84. The number of rotatable bonds is 8. The predicted octanol–water partition coefficient (Wildman–Crippen LogP) is 7.46. The van der Waals surface area contributed by atoms with Crippen LogP contribution in [0.2, 0.25) is 0 Å². The van der Waals surface area contributed by atoms with E-state index >= 15 is 0 Å². The van der Waals surface area contributed by atoms with Gasteiger partial charge in [0.05, 0.1) is 6.61 Å². The lowest BCUT2D eigenvalue weighted by atomic mass is 9.87. The number of ether oxygens (including phenoxy) is 1.